The number of aromatic nitrogens is 7. The zero-order chi connectivity index (χ0) is 26.5. The van der Waals surface area contributed by atoms with Crippen molar-refractivity contribution >= 4 is 44.9 Å². The Morgan fingerprint density at radius 2 is 1.87 bits per heavy atom. The van der Waals surface area contributed by atoms with Crippen LogP contribution in [-0.2, 0) is 4.79 Å². The number of amides is 1. The Bertz CT molecular complexity index is 1870. The van der Waals surface area contributed by atoms with Crippen LogP contribution in [0.2, 0.25) is 0 Å². The normalized spacial score (nSPS) is 14.0. The fourth-order valence-corrected chi connectivity index (χ4v) is 5.82. The van der Waals surface area contributed by atoms with Crippen LogP contribution >= 0.6 is 11.3 Å². The number of pyridine rings is 3. The first kappa shape index (κ1) is 23.5. The van der Waals surface area contributed by atoms with Gasteiger partial charge in [-0.05, 0) is 37.1 Å². The van der Waals surface area contributed by atoms with Crippen molar-refractivity contribution < 1.29 is 13.6 Å². The number of anilines is 1. The fraction of sp³-hybridized carbons (Fsp3) is 0.185. The van der Waals surface area contributed by atoms with Crippen LogP contribution in [0.3, 0.4) is 0 Å². The SMILES string of the molecule is O=C(Nc1cncc(-c2ncc3[nH]nc(-c4nc5c(-c6ccc(F)s6)nccc5[nH]4)c3c2F)c1)C1CCCC1. The first-order valence-corrected chi connectivity index (χ1v) is 13.3. The van der Waals surface area contributed by atoms with Gasteiger partial charge >= 0.3 is 0 Å². The van der Waals surface area contributed by atoms with Gasteiger partial charge in [0.2, 0.25) is 5.91 Å². The molecule has 3 N–H and O–H groups in total. The van der Waals surface area contributed by atoms with Crippen LogP contribution in [0, 0.1) is 16.9 Å². The largest absolute Gasteiger partial charge is 0.336 e. The van der Waals surface area contributed by atoms with E-state index < -0.39 is 5.82 Å². The Kier molecular flexibility index (Phi) is 5.62. The van der Waals surface area contributed by atoms with E-state index in [0.717, 1.165) is 37.0 Å². The molecule has 194 valence electrons. The predicted octanol–water partition coefficient (Wildman–Crippen LogP) is 6.09. The number of rotatable bonds is 5. The van der Waals surface area contributed by atoms with Crippen LogP contribution in [0.25, 0.3) is 55.3 Å². The number of carbonyl (C=O) groups excluding carboxylic acids is 1. The summed E-state index contributed by atoms with van der Waals surface area (Å²) in [4.78, 5) is 34.0. The van der Waals surface area contributed by atoms with Crippen molar-refractivity contribution in [3.63, 3.8) is 0 Å². The minimum atomic E-state index is -0.601. The summed E-state index contributed by atoms with van der Waals surface area (Å²) in [6, 6.07) is 6.43. The molecule has 1 amide bonds. The molecule has 0 atom stereocenters. The van der Waals surface area contributed by atoms with Gasteiger partial charge in [0.05, 0.1) is 39.4 Å². The predicted molar refractivity (Wildman–Crippen MR) is 144 cm³/mol. The first-order chi connectivity index (χ1) is 19.0. The van der Waals surface area contributed by atoms with Crippen molar-refractivity contribution in [3.05, 3.63) is 60.0 Å². The quantitative estimate of drug-likeness (QED) is 0.242. The van der Waals surface area contributed by atoms with Gasteiger partial charge in [-0.2, -0.15) is 9.49 Å². The van der Waals surface area contributed by atoms with Crippen molar-refractivity contribution in [2.45, 2.75) is 25.7 Å². The molecule has 7 rings (SSSR count). The lowest BCUT2D eigenvalue weighted by Crippen LogP contribution is -2.20. The highest BCUT2D eigenvalue weighted by Gasteiger charge is 2.24. The van der Waals surface area contributed by atoms with Gasteiger partial charge in [-0.15, -0.1) is 11.3 Å². The lowest BCUT2D eigenvalue weighted by molar-refractivity contribution is -0.119. The fourth-order valence-electron chi connectivity index (χ4n) is 5.09. The third-order valence-corrected chi connectivity index (χ3v) is 7.86. The maximum Gasteiger partial charge on any atom is 0.227 e. The Labute approximate surface area is 223 Å². The van der Waals surface area contributed by atoms with Gasteiger partial charge < -0.3 is 10.3 Å². The summed E-state index contributed by atoms with van der Waals surface area (Å²) in [5.41, 5.74) is 3.34. The smallest absolute Gasteiger partial charge is 0.227 e. The molecular formula is C27H20F2N8OS. The molecule has 0 unspecified atom stereocenters. The molecule has 39 heavy (non-hydrogen) atoms. The van der Waals surface area contributed by atoms with Crippen LogP contribution < -0.4 is 5.32 Å². The monoisotopic (exact) mass is 542 g/mol. The second-order valence-corrected chi connectivity index (χ2v) is 10.5. The van der Waals surface area contributed by atoms with Gasteiger partial charge in [0.25, 0.3) is 0 Å². The summed E-state index contributed by atoms with van der Waals surface area (Å²) in [6.45, 7) is 0. The van der Waals surface area contributed by atoms with Gasteiger partial charge in [0.15, 0.2) is 16.8 Å². The van der Waals surface area contributed by atoms with Crippen LogP contribution in [0.4, 0.5) is 14.5 Å². The zero-order valence-electron chi connectivity index (χ0n) is 20.3. The minimum absolute atomic E-state index is 0.00767. The van der Waals surface area contributed by atoms with Crippen molar-refractivity contribution in [3.8, 4) is 33.3 Å². The number of aromatic amines is 2. The molecule has 0 spiro atoms. The molecule has 6 aromatic heterocycles. The number of hydrogen-bond acceptors (Lipinski definition) is 7. The van der Waals surface area contributed by atoms with Gasteiger partial charge in [0.1, 0.15) is 22.6 Å². The molecule has 6 heterocycles. The molecule has 12 heteroatoms. The molecule has 0 aromatic carbocycles. The topological polar surface area (TPSA) is 125 Å². The van der Waals surface area contributed by atoms with Gasteiger partial charge in [0, 0.05) is 23.9 Å². The van der Waals surface area contributed by atoms with Crippen LogP contribution in [-0.4, -0.2) is 41.0 Å². The lowest BCUT2D eigenvalue weighted by Gasteiger charge is -2.11. The number of carbonyl (C=O) groups is 1. The second kappa shape index (κ2) is 9.31. The lowest BCUT2D eigenvalue weighted by atomic mass is 10.1. The Hall–Kier alpha value is -4.58. The summed E-state index contributed by atoms with van der Waals surface area (Å²) < 4.78 is 29.7. The first-order valence-electron chi connectivity index (χ1n) is 12.4. The molecule has 0 saturated heterocycles. The molecule has 9 nitrogen and oxygen atoms in total. The number of imidazole rings is 1. The highest BCUT2D eigenvalue weighted by Crippen LogP contribution is 2.35. The van der Waals surface area contributed by atoms with Crippen LogP contribution in [0.15, 0.2) is 49.1 Å². The molecule has 1 fully saturated rings. The van der Waals surface area contributed by atoms with Gasteiger partial charge in [-0.25, -0.2) is 9.37 Å². The molecule has 1 saturated carbocycles. The van der Waals surface area contributed by atoms with E-state index in [-0.39, 0.29) is 33.7 Å². The second-order valence-electron chi connectivity index (χ2n) is 9.46. The summed E-state index contributed by atoms with van der Waals surface area (Å²) in [5.74, 6) is -0.325. The van der Waals surface area contributed by atoms with Crippen molar-refractivity contribution in [1.29, 1.82) is 0 Å². The highest BCUT2D eigenvalue weighted by atomic mass is 32.1. The zero-order valence-corrected chi connectivity index (χ0v) is 21.1. The molecule has 6 aromatic rings. The van der Waals surface area contributed by atoms with Crippen LogP contribution in [0.1, 0.15) is 25.7 Å². The summed E-state index contributed by atoms with van der Waals surface area (Å²) in [6.07, 6.45) is 9.99. The van der Waals surface area contributed by atoms with Gasteiger partial charge in [-0.3, -0.25) is 24.8 Å². The number of thiophene rings is 1. The molecule has 0 bridgehead atoms. The maximum absolute atomic E-state index is 16.0. The average molecular weight is 543 g/mol. The maximum atomic E-state index is 16.0. The minimum Gasteiger partial charge on any atom is -0.336 e. The number of hydrogen-bond donors (Lipinski definition) is 3. The van der Waals surface area contributed by atoms with E-state index in [1.165, 1.54) is 24.7 Å². The van der Waals surface area contributed by atoms with E-state index in [9.17, 15) is 9.18 Å². The van der Waals surface area contributed by atoms with Gasteiger partial charge in [-0.1, -0.05) is 12.8 Å². The summed E-state index contributed by atoms with van der Waals surface area (Å²) >= 11 is 0.973. The molecule has 1 aliphatic carbocycles. The van der Waals surface area contributed by atoms with E-state index >= 15 is 4.39 Å². The van der Waals surface area contributed by atoms with Crippen LogP contribution in [0.5, 0.6) is 0 Å². The van der Waals surface area contributed by atoms with E-state index in [1.54, 1.807) is 24.4 Å². The number of nitrogens with one attached hydrogen (secondary N) is 3. The average Bonchev–Trinajstić information content (AvgIpc) is 3.75. The van der Waals surface area contributed by atoms with Crippen molar-refractivity contribution in [2.24, 2.45) is 5.92 Å². The molecule has 0 radical (unpaired) electrons. The van der Waals surface area contributed by atoms with Crippen molar-refractivity contribution in [1.82, 2.24) is 35.1 Å². The Morgan fingerprint density at radius 3 is 2.69 bits per heavy atom. The Morgan fingerprint density at radius 1 is 1.00 bits per heavy atom. The molecule has 0 aliphatic heterocycles. The van der Waals surface area contributed by atoms with Crippen molar-refractivity contribution in [2.75, 3.05) is 5.32 Å². The molecular weight excluding hydrogens is 522 g/mol. The third-order valence-electron chi connectivity index (χ3n) is 6.98. The number of nitrogens with zero attached hydrogens (tertiary/aromatic N) is 5. The number of fused-ring (bicyclic) bond motifs is 2. The standard InChI is InChI=1S/C27H20F2N8OS/c28-19-6-5-18(39-19)24-23-16(7-8-31-24)34-26(35-23)25-20-17(36-37-25)12-32-22(21(20)29)14-9-15(11-30-10-14)33-27(38)13-3-1-2-4-13/h5-13H,1-4H2,(H,33,38)(H,34,35)(H,36,37). The summed E-state index contributed by atoms with van der Waals surface area (Å²) in [5, 5.41) is 9.92. The molecule has 1 aliphatic rings. The van der Waals surface area contributed by atoms with E-state index in [1.807, 2.05) is 0 Å². The van der Waals surface area contributed by atoms with E-state index in [2.05, 4.69) is 40.4 Å². The number of halogens is 2. The third kappa shape index (κ3) is 4.13. The van der Waals surface area contributed by atoms with E-state index in [0.29, 0.717) is 44.2 Å². The number of H-pyrrole nitrogens is 2. The highest BCUT2D eigenvalue weighted by molar-refractivity contribution is 7.13. The summed E-state index contributed by atoms with van der Waals surface area (Å²) in [7, 11) is 0. The Balaban J connectivity index is 1.28. The van der Waals surface area contributed by atoms with E-state index in [4.69, 9.17) is 0 Å².